The van der Waals surface area contributed by atoms with Crippen LogP contribution in [-0.4, -0.2) is 10.1 Å². The molecule has 1 N–H and O–H groups in total. The minimum absolute atomic E-state index is 0.140. The van der Waals surface area contributed by atoms with Crippen LogP contribution in [0.2, 0.25) is 0 Å². The lowest BCUT2D eigenvalue weighted by atomic mass is 9.99. The van der Waals surface area contributed by atoms with E-state index in [-0.39, 0.29) is 6.10 Å². The van der Waals surface area contributed by atoms with Crippen LogP contribution in [0.15, 0.2) is 34.2 Å². The van der Waals surface area contributed by atoms with Gasteiger partial charge in [-0.25, -0.2) is 4.98 Å². The van der Waals surface area contributed by atoms with Gasteiger partial charge in [0.1, 0.15) is 10.8 Å². The summed E-state index contributed by atoms with van der Waals surface area (Å²) in [4.78, 5) is 4.24. The number of rotatable bonds is 1. The molecule has 0 amide bonds. The molecular formula is C12H10BrNO2S. The zero-order chi connectivity index (χ0) is 11.8. The first-order chi connectivity index (χ1) is 8.24. The number of hydrogen-bond donors (Lipinski definition) is 1. The van der Waals surface area contributed by atoms with E-state index < -0.39 is 6.10 Å². The van der Waals surface area contributed by atoms with Gasteiger partial charge in [-0.3, -0.25) is 0 Å². The third kappa shape index (κ3) is 2.10. The predicted molar refractivity (Wildman–Crippen MR) is 69.2 cm³/mol. The maximum Gasteiger partial charge on any atom is 0.153 e. The Hall–Kier alpha value is -0.910. The molecule has 3 nitrogen and oxygen atoms in total. The first-order valence-electron chi connectivity index (χ1n) is 5.27. The van der Waals surface area contributed by atoms with E-state index in [1.807, 2.05) is 23.6 Å². The molecule has 0 fully saturated rings. The molecule has 2 atom stereocenters. The molecule has 0 bridgehead atoms. The maximum absolute atomic E-state index is 10.1. The van der Waals surface area contributed by atoms with Crippen molar-refractivity contribution < 1.29 is 9.84 Å². The van der Waals surface area contributed by atoms with Gasteiger partial charge in [-0.15, -0.1) is 11.3 Å². The van der Waals surface area contributed by atoms with Crippen molar-refractivity contribution in [1.29, 1.82) is 0 Å². The van der Waals surface area contributed by atoms with Crippen LogP contribution in [0.1, 0.15) is 29.2 Å². The maximum atomic E-state index is 10.1. The number of thiazole rings is 1. The zero-order valence-electron chi connectivity index (χ0n) is 8.84. The van der Waals surface area contributed by atoms with E-state index in [9.17, 15) is 5.11 Å². The molecule has 1 aromatic heterocycles. The molecule has 1 aliphatic heterocycles. The molecule has 0 saturated carbocycles. The van der Waals surface area contributed by atoms with E-state index >= 15 is 0 Å². The quantitative estimate of drug-likeness (QED) is 0.877. The summed E-state index contributed by atoms with van der Waals surface area (Å²) >= 11 is 4.95. The Labute approximate surface area is 111 Å². The second kappa shape index (κ2) is 4.40. The average Bonchev–Trinajstić information content (AvgIpc) is 2.83. The summed E-state index contributed by atoms with van der Waals surface area (Å²) < 4.78 is 6.82. The molecule has 17 heavy (non-hydrogen) atoms. The topological polar surface area (TPSA) is 42.4 Å². The molecule has 3 rings (SSSR count). The largest absolute Gasteiger partial charge is 0.483 e. The first kappa shape index (κ1) is 11.2. The van der Waals surface area contributed by atoms with Crippen molar-refractivity contribution in [1.82, 2.24) is 4.98 Å². The van der Waals surface area contributed by atoms with Gasteiger partial charge in [0.2, 0.25) is 0 Å². The highest BCUT2D eigenvalue weighted by molar-refractivity contribution is 9.10. The van der Waals surface area contributed by atoms with Crippen LogP contribution in [0.25, 0.3) is 0 Å². The van der Waals surface area contributed by atoms with Gasteiger partial charge in [-0.2, -0.15) is 0 Å². The Balaban J connectivity index is 1.96. The number of nitrogens with zero attached hydrogens (tertiary/aromatic N) is 1. The minimum Gasteiger partial charge on any atom is -0.483 e. The lowest BCUT2D eigenvalue weighted by Gasteiger charge is -2.28. The lowest BCUT2D eigenvalue weighted by Crippen LogP contribution is -2.18. The van der Waals surface area contributed by atoms with Crippen molar-refractivity contribution in [3.63, 3.8) is 0 Å². The number of benzene rings is 1. The summed E-state index contributed by atoms with van der Waals surface area (Å²) in [7, 11) is 0. The molecule has 1 aliphatic rings. The van der Waals surface area contributed by atoms with E-state index in [2.05, 4.69) is 20.9 Å². The van der Waals surface area contributed by atoms with E-state index in [4.69, 9.17) is 4.74 Å². The van der Waals surface area contributed by atoms with Crippen molar-refractivity contribution in [3.05, 3.63) is 44.8 Å². The highest BCUT2D eigenvalue weighted by Crippen LogP contribution is 2.42. The van der Waals surface area contributed by atoms with Crippen LogP contribution in [-0.2, 0) is 0 Å². The Kier molecular flexibility index (Phi) is 2.90. The molecule has 2 aromatic rings. The van der Waals surface area contributed by atoms with Crippen LogP contribution in [0, 0.1) is 0 Å². The summed E-state index contributed by atoms with van der Waals surface area (Å²) in [5.74, 6) is 0.743. The van der Waals surface area contributed by atoms with Crippen molar-refractivity contribution in [2.24, 2.45) is 0 Å². The first-order valence-corrected chi connectivity index (χ1v) is 6.95. The summed E-state index contributed by atoms with van der Waals surface area (Å²) in [6, 6.07) is 5.69. The number of halogens is 1. The van der Waals surface area contributed by atoms with Gasteiger partial charge < -0.3 is 9.84 Å². The Bertz CT molecular complexity index is 529. The van der Waals surface area contributed by atoms with Gasteiger partial charge in [0.15, 0.2) is 6.10 Å². The summed E-state index contributed by atoms with van der Waals surface area (Å²) in [6.07, 6.45) is 1.67. The van der Waals surface area contributed by atoms with Crippen molar-refractivity contribution >= 4 is 27.3 Å². The van der Waals surface area contributed by atoms with Crippen molar-refractivity contribution in [2.75, 3.05) is 0 Å². The fraction of sp³-hybridized carbons (Fsp3) is 0.250. The fourth-order valence-corrected chi connectivity index (χ4v) is 3.02. The average molecular weight is 312 g/mol. The number of ether oxygens (including phenoxy) is 1. The normalized spacial score (nSPS) is 22.9. The molecule has 1 unspecified atom stereocenters. The molecule has 0 saturated heterocycles. The summed E-state index contributed by atoms with van der Waals surface area (Å²) in [6.45, 7) is 0. The highest BCUT2D eigenvalue weighted by Gasteiger charge is 2.29. The summed E-state index contributed by atoms with van der Waals surface area (Å²) in [5.41, 5.74) is 0.840. The van der Waals surface area contributed by atoms with E-state index in [1.165, 1.54) is 0 Å². The second-order valence-electron chi connectivity index (χ2n) is 3.91. The molecule has 5 heteroatoms. The van der Waals surface area contributed by atoms with Gasteiger partial charge in [0, 0.05) is 28.0 Å². The van der Waals surface area contributed by atoms with Gasteiger partial charge in [0.05, 0.1) is 6.10 Å². The fourth-order valence-electron chi connectivity index (χ4n) is 1.96. The van der Waals surface area contributed by atoms with Crippen LogP contribution in [0.5, 0.6) is 5.75 Å². The molecule has 1 aromatic carbocycles. The van der Waals surface area contributed by atoms with Gasteiger partial charge in [-0.05, 0) is 18.2 Å². The van der Waals surface area contributed by atoms with Gasteiger partial charge in [0.25, 0.3) is 0 Å². The Morgan fingerprint density at radius 1 is 1.47 bits per heavy atom. The smallest absolute Gasteiger partial charge is 0.153 e. The monoisotopic (exact) mass is 311 g/mol. The number of aliphatic hydroxyl groups excluding tert-OH is 1. The van der Waals surface area contributed by atoms with E-state index in [0.29, 0.717) is 6.42 Å². The van der Waals surface area contributed by atoms with Gasteiger partial charge >= 0.3 is 0 Å². The third-order valence-electron chi connectivity index (χ3n) is 2.76. The SMILES string of the molecule is O[C@H]1CC(c2nccs2)Oc2ccc(Br)cc21. The zero-order valence-corrected chi connectivity index (χ0v) is 11.2. The Morgan fingerprint density at radius 2 is 2.35 bits per heavy atom. The van der Waals surface area contributed by atoms with E-state index in [0.717, 1.165) is 20.8 Å². The van der Waals surface area contributed by atoms with Crippen molar-refractivity contribution in [3.8, 4) is 5.75 Å². The third-order valence-corrected chi connectivity index (χ3v) is 4.13. The lowest BCUT2D eigenvalue weighted by molar-refractivity contribution is 0.0655. The molecule has 0 radical (unpaired) electrons. The van der Waals surface area contributed by atoms with Crippen LogP contribution in [0.3, 0.4) is 0 Å². The van der Waals surface area contributed by atoms with E-state index in [1.54, 1.807) is 17.5 Å². The highest BCUT2D eigenvalue weighted by atomic mass is 79.9. The minimum atomic E-state index is -0.495. The molecule has 0 spiro atoms. The molecule has 0 aliphatic carbocycles. The van der Waals surface area contributed by atoms with Crippen LogP contribution < -0.4 is 4.74 Å². The standard InChI is InChI=1S/C12H10BrNO2S/c13-7-1-2-10-8(5-7)9(15)6-11(16-10)12-14-3-4-17-12/h1-5,9,11,15H,6H2/t9-,11?/m0/s1. The predicted octanol–water partition coefficient (Wildman–Crippen LogP) is 3.46. The molecule has 2 heterocycles. The number of fused-ring (bicyclic) bond motifs is 1. The molecule has 88 valence electrons. The van der Waals surface area contributed by atoms with Crippen molar-refractivity contribution in [2.45, 2.75) is 18.6 Å². The van der Waals surface area contributed by atoms with Crippen LogP contribution in [0.4, 0.5) is 0 Å². The van der Waals surface area contributed by atoms with Gasteiger partial charge in [-0.1, -0.05) is 15.9 Å². The number of aliphatic hydroxyl groups is 1. The number of hydrogen-bond acceptors (Lipinski definition) is 4. The molecular weight excluding hydrogens is 302 g/mol. The number of aromatic nitrogens is 1. The second-order valence-corrected chi connectivity index (χ2v) is 5.75. The van der Waals surface area contributed by atoms with Crippen LogP contribution >= 0.6 is 27.3 Å². The Morgan fingerprint density at radius 3 is 3.12 bits per heavy atom. The summed E-state index contributed by atoms with van der Waals surface area (Å²) in [5, 5.41) is 13.0.